The first kappa shape index (κ1) is 12.4. The minimum absolute atomic E-state index is 0.0263. The molecule has 1 aromatic heterocycles. The van der Waals surface area contributed by atoms with Gasteiger partial charge >= 0.3 is 0 Å². The van der Waals surface area contributed by atoms with Crippen molar-refractivity contribution in [3.63, 3.8) is 0 Å². The Kier molecular flexibility index (Phi) is 3.38. The third-order valence-electron chi connectivity index (χ3n) is 4.16. The van der Waals surface area contributed by atoms with Crippen LogP contribution in [0.3, 0.4) is 0 Å². The van der Waals surface area contributed by atoms with Crippen molar-refractivity contribution in [2.75, 3.05) is 13.1 Å². The average Bonchev–Trinajstić information content (AvgIpc) is 2.82. The van der Waals surface area contributed by atoms with Gasteiger partial charge in [-0.1, -0.05) is 6.42 Å². The summed E-state index contributed by atoms with van der Waals surface area (Å²) in [5.74, 6) is -0.112. The maximum absolute atomic E-state index is 12.1. The minimum Gasteiger partial charge on any atom is -0.506 e. The number of carbonyl (C=O) groups excluding carboxylic acids is 1. The van der Waals surface area contributed by atoms with E-state index < -0.39 is 0 Å². The molecule has 2 atom stereocenters. The van der Waals surface area contributed by atoms with Crippen LogP contribution in [0.25, 0.3) is 0 Å². The van der Waals surface area contributed by atoms with E-state index in [2.05, 4.69) is 15.2 Å². The molecule has 2 N–H and O–H groups in total. The van der Waals surface area contributed by atoms with Crippen molar-refractivity contribution in [1.82, 2.24) is 15.2 Å². The van der Waals surface area contributed by atoms with Crippen LogP contribution in [0.5, 0.6) is 5.75 Å². The van der Waals surface area contributed by atoms with Gasteiger partial charge in [-0.15, -0.1) is 0 Å². The number of pyridine rings is 1. The predicted octanol–water partition coefficient (Wildman–Crippen LogP) is 1.14. The van der Waals surface area contributed by atoms with Crippen LogP contribution in [0.2, 0.25) is 0 Å². The maximum atomic E-state index is 12.1. The Morgan fingerprint density at radius 1 is 1.32 bits per heavy atom. The van der Waals surface area contributed by atoms with Gasteiger partial charge in [-0.25, -0.2) is 0 Å². The molecule has 0 radical (unpaired) electrons. The van der Waals surface area contributed by atoms with E-state index in [0.717, 1.165) is 19.5 Å². The molecule has 0 aliphatic carbocycles. The van der Waals surface area contributed by atoms with E-state index in [-0.39, 0.29) is 17.7 Å². The molecule has 2 aliphatic heterocycles. The number of carbonyl (C=O) groups is 1. The molecule has 2 unspecified atom stereocenters. The van der Waals surface area contributed by atoms with E-state index in [1.54, 1.807) is 0 Å². The zero-order valence-electron chi connectivity index (χ0n) is 10.9. The first-order valence-corrected chi connectivity index (χ1v) is 6.93. The number of piperidine rings is 1. The van der Waals surface area contributed by atoms with Gasteiger partial charge in [-0.05, 0) is 31.9 Å². The zero-order valence-corrected chi connectivity index (χ0v) is 10.9. The van der Waals surface area contributed by atoms with E-state index in [9.17, 15) is 9.90 Å². The van der Waals surface area contributed by atoms with Crippen molar-refractivity contribution in [2.24, 2.45) is 0 Å². The van der Waals surface area contributed by atoms with Crippen LogP contribution in [0.4, 0.5) is 0 Å². The van der Waals surface area contributed by atoms with Crippen LogP contribution in [0.15, 0.2) is 18.5 Å². The molecule has 5 nitrogen and oxygen atoms in total. The molecule has 19 heavy (non-hydrogen) atoms. The van der Waals surface area contributed by atoms with E-state index >= 15 is 0 Å². The summed E-state index contributed by atoms with van der Waals surface area (Å²) < 4.78 is 0. The first-order chi connectivity index (χ1) is 9.24. The fourth-order valence-electron chi connectivity index (χ4n) is 3.22. The van der Waals surface area contributed by atoms with E-state index in [0.29, 0.717) is 11.6 Å². The molecule has 2 aliphatic rings. The molecule has 5 heteroatoms. The number of fused-ring (bicyclic) bond motifs is 1. The molecule has 0 aromatic carbocycles. The molecule has 102 valence electrons. The Bertz CT molecular complexity index is 478. The Morgan fingerprint density at radius 2 is 2.21 bits per heavy atom. The molecule has 2 fully saturated rings. The Labute approximate surface area is 112 Å². The largest absolute Gasteiger partial charge is 0.506 e. The quantitative estimate of drug-likeness (QED) is 0.838. The maximum Gasteiger partial charge on any atom is 0.253 e. The van der Waals surface area contributed by atoms with Gasteiger partial charge in [0.1, 0.15) is 5.75 Å². The summed E-state index contributed by atoms with van der Waals surface area (Å²) in [5.41, 5.74) is 0.425. The van der Waals surface area contributed by atoms with Crippen molar-refractivity contribution in [3.05, 3.63) is 24.0 Å². The highest BCUT2D eigenvalue weighted by Crippen LogP contribution is 2.27. The number of rotatable bonds is 2. The molecule has 3 heterocycles. The molecule has 0 spiro atoms. The predicted molar refractivity (Wildman–Crippen MR) is 71.0 cm³/mol. The molecule has 2 saturated heterocycles. The van der Waals surface area contributed by atoms with Crippen LogP contribution in [-0.4, -0.2) is 46.1 Å². The number of hydrogen-bond donors (Lipinski definition) is 2. The van der Waals surface area contributed by atoms with Gasteiger partial charge in [-0.3, -0.25) is 14.7 Å². The van der Waals surface area contributed by atoms with Crippen LogP contribution >= 0.6 is 0 Å². The Morgan fingerprint density at radius 3 is 3.05 bits per heavy atom. The molecule has 1 aromatic rings. The van der Waals surface area contributed by atoms with Gasteiger partial charge in [-0.2, -0.15) is 0 Å². The highest BCUT2D eigenvalue weighted by molar-refractivity contribution is 5.94. The molecular weight excluding hydrogens is 242 g/mol. The summed E-state index contributed by atoms with van der Waals surface area (Å²) in [6.45, 7) is 2.23. The Hall–Kier alpha value is -1.62. The number of nitrogens with zero attached hydrogens (tertiary/aromatic N) is 2. The van der Waals surface area contributed by atoms with Gasteiger partial charge < -0.3 is 10.4 Å². The SMILES string of the molecule is O=C(NC1CCN2CCCCC12)c1cncc(O)c1. The summed E-state index contributed by atoms with van der Waals surface area (Å²) in [5, 5.41) is 12.4. The second-order valence-electron chi connectivity index (χ2n) is 5.40. The molecule has 0 saturated carbocycles. The van der Waals surface area contributed by atoms with E-state index in [4.69, 9.17) is 0 Å². The number of amides is 1. The van der Waals surface area contributed by atoms with Crippen LogP contribution in [0.1, 0.15) is 36.0 Å². The Balaban J connectivity index is 1.66. The summed E-state index contributed by atoms with van der Waals surface area (Å²) in [6.07, 6.45) is 7.53. The minimum atomic E-state index is -0.138. The lowest BCUT2D eigenvalue weighted by Gasteiger charge is -2.32. The number of hydrogen-bond acceptors (Lipinski definition) is 4. The van der Waals surface area contributed by atoms with Gasteiger partial charge in [0.15, 0.2) is 0 Å². The average molecular weight is 261 g/mol. The smallest absolute Gasteiger partial charge is 0.253 e. The second-order valence-corrected chi connectivity index (χ2v) is 5.40. The van der Waals surface area contributed by atoms with Crippen molar-refractivity contribution in [1.29, 1.82) is 0 Å². The highest BCUT2D eigenvalue weighted by atomic mass is 16.3. The standard InChI is InChI=1S/C14H19N3O2/c18-11-7-10(8-15-9-11)14(19)16-12-4-6-17-5-2-1-3-13(12)17/h7-9,12-13,18H,1-6H2,(H,16,19). The lowest BCUT2D eigenvalue weighted by Crippen LogP contribution is -2.46. The summed E-state index contributed by atoms with van der Waals surface area (Å²) in [4.78, 5) is 18.5. The monoisotopic (exact) mass is 261 g/mol. The fraction of sp³-hybridized carbons (Fsp3) is 0.571. The van der Waals surface area contributed by atoms with Crippen molar-refractivity contribution in [3.8, 4) is 5.75 Å². The fourth-order valence-corrected chi connectivity index (χ4v) is 3.22. The van der Waals surface area contributed by atoms with Gasteiger partial charge in [0.25, 0.3) is 5.91 Å². The van der Waals surface area contributed by atoms with E-state index in [1.807, 2.05) is 0 Å². The van der Waals surface area contributed by atoms with Crippen LogP contribution in [-0.2, 0) is 0 Å². The third kappa shape index (κ3) is 2.56. The van der Waals surface area contributed by atoms with Gasteiger partial charge in [0.05, 0.1) is 11.8 Å². The molecular formula is C14H19N3O2. The number of nitrogens with one attached hydrogen (secondary N) is 1. The normalized spacial score (nSPS) is 26.9. The lowest BCUT2D eigenvalue weighted by molar-refractivity contribution is 0.0914. The first-order valence-electron chi connectivity index (χ1n) is 6.93. The summed E-state index contributed by atoms with van der Waals surface area (Å²) in [6, 6.07) is 2.17. The van der Waals surface area contributed by atoms with Crippen LogP contribution in [0, 0.1) is 0 Å². The topological polar surface area (TPSA) is 65.5 Å². The molecule has 0 bridgehead atoms. The molecule has 1 amide bonds. The lowest BCUT2D eigenvalue weighted by atomic mass is 9.99. The van der Waals surface area contributed by atoms with Gasteiger partial charge in [0.2, 0.25) is 0 Å². The van der Waals surface area contributed by atoms with Crippen LogP contribution < -0.4 is 5.32 Å². The highest BCUT2D eigenvalue weighted by Gasteiger charge is 2.36. The summed E-state index contributed by atoms with van der Waals surface area (Å²) >= 11 is 0. The second kappa shape index (κ2) is 5.17. The number of aromatic hydroxyl groups is 1. The molecule has 3 rings (SSSR count). The number of aromatic nitrogens is 1. The van der Waals surface area contributed by atoms with Crippen molar-refractivity contribution < 1.29 is 9.90 Å². The van der Waals surface area contributed by atoms with Crippen molar-refractivity contribution >= 4 is 5.91 Å². The van der Waals surface area contributed by atoms with E-state index in [1.165, 1.54) is 37.7 Å². The zero-order chi connectivity index (χ0) is 13.2. The van der Waals surface area contributed by atoms with Crippen molar-refractivity contribution in [2.45, 2.75) is 37.8 Å². The third-order valence-corrected chi connectivity index (χ3v) is 4.16. The summed E-state index contributed by atoms with van der Waals surface area (Å²) in [7, 11) is 0. The van der Waals surface area contributed by atoms with Gasteiger partial charge in [0, 0.05) is 24.8 Å².